The monoisotopic (exact) mass is 646 g/mol. The van der Waals surface area contributed by atoms with Crippen LogP contribution in [-0.2, 0) is 35.8 Å². The molecular formula is C32H37F3N4O7. The van der Waals surface area contributed by atoms with Crippen molar-refractivity contribution in [1.82, 2.24) is 9.55 Å². The molecule has 11 nitrogen and oxygen atoms in total. The molecule has 1 saturated heterocycles. The first-order valence-electron chi connectivity index (χ1n) is 14.6. The van der Waals surface area contributed by atoms with Gasteiger partial charge in [-0.1, -0.05) is 6.07 Å². The number of methoxy groups -OCH3 is 1. The van der Waals surface area contributed by atoms with Crippen molar-refractivity contribution in [2.24, 2.45) is 5.73 Å². The Morgan fingerprint density at radius 1 is 1.20 bits per heavy atom. The molecule has 1 fully saturated rings. The van der Waals surface area contributed by atoms with Crippen LogP contribution < -0.4 is 15.4 Å². The minimum atomic E-state index is -5.08. The van der Waals surface area contributed by atoms with Gasteiger partial charge in [-0.05, 0) is 69.9 Å². The first-order valence-corrected chi connectivity index (χ1v) is 14.6. The summed E-state index contributed by atoms with van der Waals surface area (Å²) in [6.45, 7) is 10.2. The number of piperidine rings is 1. The molecule has 0 saturated carbocycles. The van der Waals surface area contributed by atoms with Crippen LogP contribution >= 0.6 is 0 Å². The maximum absolute atomic E-state index is 12.7. The number of carbonyl (C=O) groups is 2. The highest BCUT2D eigenvalue weighted by atomic mass is 19.4. The van der Waals surface area contributed by atoms with Crippen LogP contribution in [0.3, 0.4) is 0 Å². The summed E-state index contributed by atoms with van der Waals surface area (Å²) in [5, 5.41) is 7.12. The summed E-state index contributed by atoms with van der Waals surface area (Å²) in [6.07, 6.45) is 0.199. The minimum absolute atomic E-state index is 0.289. The van der Waals surface area contributed by atoms with Crippen LogP contribution in [0.5, 0.6) is 5.75 Å². The highest BCUT2D eigenvalue weighted by molar-refractivity contribution is 5.92. The van der Waals surface area contributed by atoms with Gasteiger partial charge in [0.2, 0.25) is 0 Å². The number of hydrogen-bond donors (Lipinski definition) is 2. The van der Waals surface area contributed by atoms with Crippen molar-refractivity contribution >= 4 is 34.6 Å². The molecule has 14 heteroatoms. The number of allylic oxidation sites excluding steroid dienone is 1. The number of carbonyl (C=O) groups excluding carboxylic acids is 2. The number of pyridine rings is 1. The van der Waals surface area contributed by atoms with Gasteiger partial charge in [-0.25, -0.2) is 14.4 Å². The normalized spacial score (nSPS) is 16.3. The van der Waals surface area contributed by atoms with Crippen molar-refractivity contribution in [3.63, 3.8) is 0 Å². The molecule has 0 radical (unpaired) electrons. The van der Waals surface area contributed by atoms with Crippen molar-refractivity contribution in [3.05, 3.63) is 59.1 Å². The number of rotatable bonds is 6. The van der Waals surface area contributed by atoms with Crippen LogP contribution in [0.25, 0.3) is 11.0 Å². The molecule has 4 heterocycles. The summed E-state index contributed by atoms with van der Waals surface area (Å²) in [5.41, 5.74) is 10.8. The lowest BCUT2D eigenvalue weighted by atomic mass is 9.72. The zero-order chi connectivity index (χ0) is 34.0. The summed E-state index contributed by atoms with van der Waals surface area (Å²) in [7, 11) is 1.70. The van der Waals surface area contributed by atoms with E-state index in [0.29, 0.717) is 43.9 Å². The second-order valence-corrected chi connectivity index (χ2v) is 12.2. The fourth-order valence-electron chi connectivity index (χ4n) is 5.75. The molecular weight excluding hydrogens is 609 g/mol. The lowest BCUT2D eigenvalue weighted by Gasteiger charge is -2.39. The highest BCUT2D eigenvalue weighted by Crippen LogP contribution is 2.52. The number of ether oxygens (including phenoxy) is 3. The number of carboxylic acids is 1. The molecule has 3 N–H and O–H groups in total. The zero-order valence-corrected chi connectivity index (χ0v) is 26.2. The third-order valence-corrected chi connectivity index (χ3v) is 7.95. The van der Waals surface area contributed by atoms with Crippen LogP contribution in [0.1, 0.15) is 56.3 Å². The number of esters is 1. The molecule has 2 aromatic heterocycles. The Bertz CT molecular complexity index is 1660. The van der Waals surface area contributed by atoms with Gasteiger partial charge in [0.15, 0.2) is 11.7 Å². The number of carboxylic acid groups (broad SMARTS) is 1. The number of fused-ring (bicyclic) bond motifs is 3. The van der Waals surface area contributed by atoms with E-state index >= 15 is 0 Å². The molecule has 46 heavy (non-hydrogen) atoms. The fraction of sp³-hybridized carbons (Fsp3) is 0.469. The number of anilines is 1. The summed E-state index contributed by atoms with van der Waals surface area (Å²) in [4.78, 5) is 40.7. The predicted molar refractivity (Wildman–Crippen MR) is 162 cm³/mol. The van der Waals surface area contributed by atoms with E-state index in [1.54, 1.807) is 19.2 Å². The molecule has 0 bridgehead atoms. The molecule has 1 atom stereocenters. The second-order valence-electron chi connectivity index (χ2n) is 12.2. The van der Waals surface area contributed by atoms with Gasteiger partial charge >= 0.3 is 18.1 Å². The van der Waals surface area contributed by atoms with Crippen molar-refractivity contribution in [3.8, 4) is 5.75 Å². The van der Waals surface area contributed by atoms with Gasteiger partial charge in [0.05, 0.1) is 23.2 Å². The van der Waals surface area contributed by atoms with Crippen molar-refractivity contribution < 1.29 is 46.9 Å². The number of aromatic nitrogens is 2. The van der Waals surface area contributed by atoms with Crippen molar-refractivity contribution in [1.29, 1.82) is 0 Å². The van der Waals surface area contributed by atoms with E-state index in [0.717, 1.165) is 34.4 Å². The molecule has 3 aromatic rings. The Balaban J connectivity index is 0.000000617. The number of hydrogen-bond acceptors (Lipinski definition) is 9. The first-order chi connectivity index (χ1) is 21.5. The van der Waals surface area contributed by atoms with E-state index in [1.807, 2.05) is 39.1 Å². The number of halogens is 3. The van der Waals surface area contributed by atoms with Gasteiger partial charge in [-0.3, -0.25) is 4.98 Å². The van der Waals surface area contributed by atoms with E-state index in [4.69, 9.17) is 34.8 Å². The number of benzene rings is 1. The number of aliphatic carboxylic acids is 1. The van der Waals surface area contributed by atoms with Gasteiger partial charge in [-0.2, -0.15) is 13.2 Å². The SMILES string of the molecule is COCCn1cc(N2CCC3(CC2)C(=C=O)Oc2ccc(C(N)C(=O)OC(C)(C)C)cc23)c2nccc(C)c21.O=C(O)C(F)(F)F. The topological polar surface area (TPSA) is 146 Å². The van der Waals surface area contributed by atoms with E-state index in [-0.39, 0.29) is 5.76 Å². The van der Waals surface area contributed by atoms with Gasteiger partial charge in [-0.15, -0.1) is 0 Å². The quantitative estimate of drug-likeness (QED) is 0.288. The van der Waals surface area contributed by atoms with Crippen LogP contribution in [0, 0.1) is 6.92 Å². The molecule has 1 unspecified atom stereocenters. The van der Waals surface area contributed by atoms with E-state index in [1.165, 1.54) is 0 Å². The lowest BCUT2D eigenvalue weighted by molar-refractivity contribution is -0.192. The van der Waals surface area contributed by atoms with Crippen LogP contribution in [-0.4, -0.2) is 71.1 Å². The first kappa shape index (κ1) is 34.5. The maximum atomic E-state index is 12.7. The number of nitrogens with two attached hydrogens (primary N) is 1. The predicted octanol–water partition coefficient (Wildman–Crippen LogP) is 4.61. The maximum Gasteiger partial charge on any atom is 0.490 e. The smallest absolute Gasteiger partial charge is 0.475 e. The highest BCUT2D eigenvalue weighted by Gasteiger charge is 2.49. The molecule has 248 valence electrons. The summed E-state index contributed by atoms with van der Waals surface area (Å²) < 4.78 is 50.8. The Morgan fingerprint density at radius 3 is 2.41 bits per heavy atom. The van der Waals surface area contributed by atoms with E-state index < -0.39 is 35.2 Å². The molecule has 5 rings (SSSR count). The van der Waals surface area contributed by atoms with Crippen LogP contribution in [0.4, 0.5) is 18.9 Å². The number of alkyl halides is 3. The second kappa shape index (κ2) is 13.1. The van der Waals surface area contributed by atoms with Crippen molar-refractivity contribution in [2.75, 3.05) is 31.7 Å². The number of aryl methyl sites for hydroxylation is 1. The molecule has 2 aliphatic rings. The van der Waals surface area contributed by atoms with E-state index in [2.05, 4.69) is 28.5 Å². The van der Waals surface area contributed by atoms with Gasteiger partial charge in [0.1, 0.15) is 22.9 Å². The third kappa shape index (κ3) is 7.04. The Morgan fingerprint density at radius 2 is 1.85 bits per heavy atom. The standard InChI is InChI=1S/C30H36N4O5.C2HF3O2/c1-19-8-11-32-26-22(17-34(27(19)26)14-15-37-5)33-12-9-30(10-13-33)21-16-20(6-7-23(21)38-24(30)18-35)25(31)28(36)39-29(2,3)4;3-2(4,5)1(6)7/h6-8,11,16-17,25H,9-10,12-15,31H2,1-5H3;(H,6,7). The average Bonchev–Trinajstić information content (AvgIpc) is 3.51. The summed E-state index contributed by atoms with van der Waals surface area (Å²) in [6, 6.07) is 6.51. The minimum Gasteiger partial charge on any atom is -0.475 e. The van der Waals surface area contributed by atoms with Crippen molar-refractivity contribution in [2.45, 2.75) is 70.3 Å². The number of nitrogens with zero attached hydrogens (tertiary/aromatic N) is 3. The lowest BCUT2D eigenvalue weighted by Crippen LogP contribution is -2.43. The van der Waals surface area contributed by atoms with Crippen LogP contribution in [0.2, 0.25) is 0 Å². The van der Waals surface area contributed by atoms with E-state index in [9.17, 15) is 22.8 Å². The molecule has 0 aliphatic carbocycles. The Labute approximate surface area is 263 Å². The average molecular weight is 647 g/mol. The third-order valence-electron chi connectivity index (χ3n) is 7.95. The summed E-state index contributed by atoms with van der Waals surface area (Å²) in [5.74, 6) is -0.292. The molecule has 2 aliphatic heterocycles. The zero-order valence-electron chi connectivity index (χ0n) is 26.2. The fourth-order valence-corrected chi connectivity index (χ4v) is 5.75. The largest absolute Gasteiger partial charge is 0.490 e. The van der Waals surface area contributed by atoms with Gasteiger partial charge in [0.25, 0.3) is 0 Å². The molecule has 0 amide bonds. The molecule has 1 spiro atoms. The Hall–Kier alpha value is -4.39. The van der Waals surface area contributed by atoms with Gasteiger partial charge in [0, 0.05) is 44.7 Å². The summed E-state index contributed by atoms with van der Waals surface area (Å²) >= 11 is 0. The van der Waals surface area contributed by atoms with Gasteiger partial charge < -0.3 is 34.5 Å². The van der Waals surface area contributed by atoms with Crippen LogP contribution in [0.15, 0.2) is 42.4 Å². The Kier molecular flexibility index (Phi) is 9.86. The molecule has 1 aromatic carbocycles.